The molecule has 0 saturated heterocycles. The van der Waals surface area contributed by atoms with Gasteiger partial charge in [0.15, 0.2) is 0 Å². The molecule has 0 aliphatic heterocycles. The standard InChI is InChI=1S/C12H19N5O3/c1-13-12-15-6-10(17(19)20)11(16-12)14-5-8-3-2-4-9(8)7-18/h6,8-9,18H,2-5,7H2,1H3,(H2,13,14,15,16). The Bertz CT molecular complexity index is 482. The molecule has 0 aromatic carbocycles. The molecular weight excluding hydrogens is 262 g/mol. The summed E-state index contributed by atoms with van der Waals surface area (Å²) < 4.78 is 0. The number of nitrogens with zero attached hydrogens (tertiary/aromatic N) is 3. The molecule has 3 N–H and O–H groups in total. The van der Waals surface area contributed by atoms with Crippen molar-refractivity contribution in [1.29, 1.82) is 0 Å². The molecule has 110 valence electrons. The highest BCUT2D eigenvalue weighted by Gasteiger charge is 2.27. The number of nitro groups is 1. The van der Waals surface area contributed by atoms with Crippen molar-refractivity contribution in [3.63, 3.8) is 0 Å². The molecule has 1 aromatic rings. The second-order valence-corrected chi connectivity index (χ2v) is 4.95. The van der Waals surface area contributed by atoms with Crippen LogP contribution in [-0.4, -0.2) is 40.2 Å². The fraction of sp³-hybridized carbons (Fsp3) is 0.667. The summed E-state index contributed by atoms with van der Waals surface area (Å²) in [5.74, 6) is 1.15. The molecule has 1 aromatic heterocycles. The van der Waals surface area contributed by atoms with Crippen LogP contribution in [0, 0.1) is 22.0 Å². The lowest BCUT2D eigenvalue weighted by Gasteiger charge is -2.18. The van der Waals surface area contributed by atoms with E-state index in [1.54, 1.807) is 7.05 Å². The topological polar surface area (TPSA) is 113 Å². The predicted octanol–water partition coefficient (Wildman–Crippen LogP) is 1.25. The lowest BCUT2D eigenvalue weighted by molar-refractivity contribution is -0.384. The Morgan fingerprint density at radius 2 is 2.25 bits per heavy atom. The molecule has 0 radical (unpaired) electrons. The van der Waals surface area contributed by atoms with Gasteiger partial charge in [0.2, 0.25) is 11.8 Å². The van der Waals surface area contributed by atoms with E-state index in [4.69, 9.17) is 0 Å². The zero-order valence-electron chi connectivity index (χ0n) is 11.4. The van der Waals surface area contributed by atoms with Crippen LogP contribution in [0.5, 0.6) is 0 Å². The van der Waals surface area contributed by atoms with Gasteiger partial charge in [-0.1, -0.05) is 6.42 Å². The minimum atomic E-state index is -0.500. The molecule has 8 nitrogen and oxygen atoms in total. The normalized spacial score (nSPS) is 21.7. The summed E-state index contributed by atoms with van der Waals surface area (Å²) in [6, 6.07) is 0. The van der Waals surface area contributed by atoms with E-state index in [2.05, 4.69) is 20.6 Å². The third-order valence-corrected chi connectivity index (χ3v) is 3.77. The van der Waals surface area contributed by atoms with Crippen LogP contribution < -0.4 is 10.6 Å². The van der Waals surface area contributed by atoms with Crippen LogP contribution in [0.4, 0.5) is 17.5 Å². The largest absolute Gasteiger partial charge is 0.396 e. The fourth-order valence-corrected chi connectivity index (χ4v) is 2.61. The zero-order valence-corrected chi connectivity index (χ0v) is 11.4. The fourth-order valence-electron chi connectivity index (χ4n) is 2.61. The second-order valence-electron chi connectivity index (χ2n) is 4.95. The molecule has 1 saturated carbocycles. The van der Waals surface area contributed by atoms with E-state index >= 15 is 0 Å². The van der Waals surface area contributed by atoms with Gasteiger partial charge in [-0.05, 0) is 24.7 Å². The Balaban J connectivity index is 2.09. The van der Waals surface area contributed by atoms with E-state index in [9.17, 15) is 15.2 Å². The van der Waals surface area contributed by atoms with Crippen molar-refractivity contribution in [2.45, 2.75) is 19.3 Å². The minimum Gasteiger partial charge on any atom is -0.396 e. The third-order valence-electron chi connectivity index (χ3n) is 3.77. The first kappa shape index (κ1) is 14.4. The second kappa shape index (κ2) is 6.47. The summed E-state index contributed by atoms with van der Waals surface area (Å²) >= 11 is 0. The summed E-state index contributed by atoms with van der Waals surface area (Å²) in [5, 5.41) is 26.0. The van der Waals surface area contributed by atoms with Crippen molar-refractivity contribution in [1.82, 2.24) is 9.97 Å². The van der Waals surface area contributed by atoms with Gasteiger partial charge in [0, 0.05) is 20.2 Å². The Kier molecular flexibility index (Phi) is 4.67. The highest BCUT2D eigenvalue weighted by atomic mass is 16.6. The van der Waals surface area contributed by atoms with Crippen LogP contribution in [0.25, 0.3) is 0 Å². The van der Waals surface area contributed by atoms with Gasteiger partial charge in [-0.2, -0.15) is 4.98 Å². The average molecular weight is 281 g/mol. The molecule has 8 heteroatoms. The number of aliphatic hydroxyl groups is 1. The molecular formula is C12H19N5O3. The minimum absolute atomic E-state index is 0.137. The number of nitrogens with one attached hydrogen (secondary N) is 2. The molecule has 1 aliphatic rings. The highest BCUT2D eigenvalue weighted by Crippen LogP contribution is 2.32. The van der Waals surface area contributed by atoms with Crippen molar-refractivity contribution in [3.8, 4) is 0 Å². The lowest BCUT2D eigenvalue weighted by Crippen LogP contribution is -2.21. The van der Waals surface area contributed by atoms with Gasteiger partial charge in [-0.25, -0.2) is 4.98 Å². The van der Waals surface area contributed by atoms with Gasteiger partial charge in [0.05, 0.1) is 4.92 Å². The van der Waals surface area contributed by atoms with E-state index in [1.165, 1.54) is 6.20 Å². The zero-order chi connectivity index (χ0) is 14.5. The predicted molar refractivity (Wildman–Crippen MR) is 74.6 cm³/mol. The first-order valence-corrected chi connectivity index (χ1v) is 6.69. The number of aliphatic hydroxyl groups excluding tert-OH is 1. The first-order chi connectivity index (χ1) is 9.65. The van der Waals surface area contributed by atoms with E-state index in [-0.39, 0.29) is 24.0 Å². The number of aromatic nitrogens is 2. The van der Waals surface area contributed by atoms with Gasteiger partial charge < -0.3 is 15.7 Å². The van der Waals surface area contributed by atoms with E-state index < -0.39 is 4.92 Å². The van der Waals surface area contributed by atoms with Crippen LogP contribution in [-0.2, 0) is 0 Å². The maximum absolute atomic E-state index is 11.0. The van der Waals surface area contributed by atoms with Crippen LogP contribution >= 0.6 is 0 Å². The van der Waals surface area contributed by atoms with Gasteiger partial charge in [0.25, 0.3) is 0 Å². The number of hydrogen-bond acceptors (Lipinski definition) is 7. The van der Waals surface area contributed by atoms with E-state index in [1.807, 2.05) is 0 Å². The van der Waals surface area contributed by atoms with Gasteiger partial charge in [0.1, 0.15) is 6.20 Å². The van der Waals surface area contributed by atoms with Gasteiger partial charge in [-0.3, -0.25) is 10.1 Å². The molecule has 20 heavy (non-hydrogen) atoms. The summed E-state index contributed by atoms with van der Waals surface area (Å²) in [6.45, 7) is 0.742. The molecule has 0 spiro atoms. The van der Waals surface area contributed by atoms with Crippen molar-refractivity contribution in [3.05, 3.63) is 16.3 Å². The maximum Gasteiger partial charge on any atom is 0.329 e. The van der Waals surface area contributed by atoms with Crippen molar-refractivity contribution < 1.29 is 10.0 Å². The number of rotatable bonds is 6. The Hall–Kier alpha value is -1.96. The molecule has 2 unspecified atom stereocenters. The van der Waals surface area contributed by atoms with E-state index in [0.29, 0.717) is 18.4 Å². The maximum atomic E-state index is 11.0. The average Bonchev–Trinajstić information content (AvgIpc) is 2.91. The first-order valence-electron chi connectivity index (χ1n) is 6.69. The third kappa shape index (κ3) is 3.13. The highest BCUT2D eigenvalue weighted by molar-refractivity contribution is 5.56. The van der Waals surface area contributed by atoms with Crippen molar-refractivity contribution in [2.24, 2.45) is 11.8 Å². The summed E-state index contributed by atoms with van der Waals surface area (Å²) in [5.41, 5.74) is -0.137. The Labute approximate surface area is 116 Å². The Morgan fingerprint density at radius 1 is 1.50 bits per heavy atom. The van der Waals surface area contributed by atoms with Gasteiger partial charge >= 0.3 is 5.69 Å². The molecule has 2 atom stereocenters. The van der Waals surface area contributed by atoms with Crippen LogP contribution in [0.1, 0.15) is 19.3 Å². The Morgan fingerprint density at radius 3 is 2.90 bits per heavy atom. The van der Waals surface area contributed by atoms with Crippen molar-refractivity contribution in [2.75, 3.05) is 30.8 Å². The molecule has 1 fully saturated rings. The lowest BCUT2D eigenvalue weighted by atomic mass is 9.97. The number of hydrogen-bond donors (Lipinski definition) is 3. The summed E-state index contributed by atoms with van der Waals surface area (Å²) in [6.07, 6.45) is 4.32. The van der Waals surface area contributed by atoms with Crippen LogP contribution in [0.15, 0.2) is 6.20 Å². The molecule has 1 aliphatic carbocycles. The SMILES string of the molecule is CNc1ncc([N+](=O)[O-])c(NCC2CCCC2CO)n1. The van der Waals surface area contributed by atoms with E-state index in [0.717, 1.165) is 19.3 Å². The van der Waals surface area contributed by atoms with Crippen LogP contribution in [0.2, 0.25) is 0 Å². The number of anilines is 2. The van der Waals surface area contributed by atoms with Crippen LogP contribution in [0.3, 0.4) is 0 Å². The molecule has 1 heterocycles. The summed E-state index contributed by atoms with van der Waals surface area (Å²) in [7, 11) is 1.66. The molecule has 0 bridgehead atoms. The molecule has 2 rings (SSSR count). The summed E-state index contributed by atoms with van der Waals surface area (Å²) in [4.78, 5) is 18.4. The van der Waals surface area contributed by atoms with Gasteiger partial charge in [-0.15, -0.1) is 0 Å². The molecule has 0 amide bonds. The van der Waals surface area contributed by atoms with Crippen molar-refractivity contribution >= 4 is 17.5 Å². The smallest absolute Gasteiger partial charge is 0.329 e. The monoisotopic (exact) mass is 281 g/mol. The quantitative estimate of drug-likeness (QED) is 0.531.